The Morgan fingerprint density at radius 1 is 1.26 bits per heavy atom. The summed E-state index contributed by atoms with van der Waals surface area (Å²) in [6.07, 6.45) is 0.0470. The Labute approximate surface area is 109 Å². The van der Waals surface area contributed by atoms with Crippen molar-refractivity contribution in [2.24, 2.45) is 16.5 Å². The normalized spacial score (nSPS) is 16.5. The SMILES string of the molecule is NC(N)=NC(=O)c1ccc2c(c1)S(=O)(=O)CC(=O)C2. The summed E-state index contributed by atoms with van der Waals surface area (Å²) >= 11 is 0. The number of hydrogen-bond acceptors (Lipinski definition) is 4. The van der Waals surface area contributed by atoms with Crippen molar-refractivity contribution >= 4 is 27.5 Å². The molecule has 7 nitrogen and oxygen atoms in total. The molecule has 100 valence electrons. The monoisotopic (exact) mass is 281 g/mol. The average Bonchev–Trinajstić information content (AvgIpc) is 2.26. The molecule has 1 aliphatic heterocycles. The molecule has 0 aliphatic carbocycles. The fourth-order valence-corrected chi connectivity index (χ4v) is 3.39. The summed E-state index contributed by atoms with van der Waals surface area (Å²) in [5, 5.41) is 0. The highest BCUT2D eigenvalue weighted by Gasteiger charge is 2.29. The molecule has 1 aromatic rings. The molecule has 0 radical (unpaired) electrons. The van der Waals surface area contributed by atoms with Gasteiger partial charge in [-0.3, -0.25) is 9.59 Å². The third-order valence-corrected chi connectivity index (χ3v) is 4.37. The second-order valence-corrected chi connectivity index (χ2v) is 6.10. The van der Waals surface area contributed by atoms with Crippen molar-refractivity contribution in [2.75, 3.05) is 5.75 Å². The number of carbonyl (C=O) groups excluding carboxylic acids is 2. The molecule has 19 heavy (non-hydrogen) atoms. The number of aliphatic imine (C=N–C) groups is 1. The van der Waals surface area contributed by atoms with Crippen molar-refractivity contribution in [3.63, 3.8) is 0 Å². The van der Waals surface area contributed by atoms with E-state index in [1.807, 2.05) is 0 Å². The van der Waals surface area contributed by atoms with Crippen molar-refractivity contribution in [1.29, 1.82) is 0 Å². The van der Waals surface area contributed by atoms with Crippen LogP contribution in [0, 0.1) is 0 Å². The van der Waals surface area contributed by atoms with E-state index in [1.54, 1.807) is 0 Å². The van der Waals surface area contributed by atoms with Crippen LogP contribution in [0.2, 0.25) is 0 Å². The van der Waals surface area contributed by atoms with E-state index in [4.69, 9.17) is 11.5 Å². The second kappa shape index (κ2) is 4.47. The van der Waals surface area contributed by atoms with Crippen LogP contribution in [0.3, 0.4) is 0 Å². The third-order valence-electron chi connectivity index (χ3n) is 2.62. The molecule has 0 bridgehead atoms. The van der Waals surface area contributed by atoms with Crippen LogP contribution in [0.5, 0.6) is 0 Å². The number of benzene rings is 1. The summed E-state index contributed by atoms with van der Waals surface area (Å²) in [6.45, 7) is 0. The van der Waals surface area contributed by atoms with E-state index >= 15 is 0 Å². The highest BCUT2D eigenvalue weighted by molar-refractivity contribution is 7.92. The molecular weight excluding hydrogens is 270 g/mol. The maximum Gasteiger partial charge on any atom is 0.280 e. The van der Waals surface area contributed by atoms with Gasteiger partial charge in [0.05, 0.1) is 4.90 Å². The fraction of sp³-hybridized carbons (Fsp3) is 0.182. The molecule has 4 N–H and O–H groups in total. The van der Waals surface area contributed by atoms with E-state index in [0.29, 0.717) is 5.56 Å². The summed E-state index contributed by atoms with van der Waals surface area (Å²) < 4.78 is 23.7. The number of sulfone groups is 1. The van der Waals surface area contributed by atoms with E-state index < -0.39 is 27.5 Å². The minimum atomic E-state index is -3.69. The Kier molecular flexibility index (Phi) is 3.11. The molecule has 1 heterocycles. The number of carbonyl (C=O) groups is 2. The van der Waals surface area contributed by atoms with E-state index in [2.05, 4.69) is 4.99 Å². The number of amides is 1. The quantitative estimate of drug-likeness (QED) is 0.501. The van der Waals surface area contributed by atoms with E-state index in [1.165, 1.54) is 18.2 Å². The summed E-state index contributed by atoms with van der Waals surface area (Å²) in [5.41, 5.74) is 10.6. The van der Waals surface area contributed by atoms with Gasteiger partial charge in [-0.05, 0) is 17.7 Å². The lowest BCUT2D eigenvalue weighted by Crippen LogP contribution is -2.26. The van der Waals surface area contributed by atoms with E-state index in [9.17, 15) is 18.0 Å². The number of ketones is 1. The predicted octanol–water partition coefficient (Wildman–Crippen LogP) is -1.00. The highest BCUT2D eigenvalue weighted by Crippen LogP contribution is 2.24. The van der Waals surface area contributed by atoms with Gasteiger partial charge in [0.25, 0.3) is 5.91 Å². The van der Waals surface area contributed by atoms with Crippen molar-refractivity contribution < 1.29 is 18.0 Å². The number of nitrogens with zero attached hydrogens (tertiary/aromatic N) is 1. The van der Waals surface area contributed by atoms with Crippen LogP contribution < -0.4 is 11.5 Å². The molecule has 0 unspecified atom stereocenters. The molecule has 0 saturated heterocycles. The van der Waals surface area contributed by atoms with E-state index in [0.717, 1.165) is 0 Å². The zero-order valence-corrected chi connectivity index (χ0v) is 10.6. The summed E-state index contributed by atoms with van der Waals surface area (Å²) in [7, 11) is -3.69. The summed E-state index contributed by atoms with van der Waals surface area (Å²) in [5.74, 6) is -2.04. The molecular formula is C11H11N3O4S. The molecule has 1 amide bonds. The lowest BCUT2D eigenvalue weighted by Gasteiger charge is -2.15. The number of Topliss-reactive ketones (excluding diaryl/α,β-unsaturated/α-hetero) is 1. The standard InChI is InChI=1S/C11H11N3O4S/c12-11(13)14-10(16)7-2-1-6-3-8(15)5-19(17,18)9(6)4-7/h1-2,4H,3,5H2,(H4,12,13,14,16). The minimum absolute atomic E-state index is 0.0104. The molecule has 0 atom stereocenters. The van der Waals surface area contributed by atoms with Crippen LogP contribution in [-0.2, 0) is 21.1 Å². The number of guanidine groups is 1. The number of nitrogens with two attached hydrogens (primary N) is 2. The van der Waals surface area contributed by atoms with Gasteiger partial charge in [0, 0.05) is 12.0 Å². The van der Waals surface area contributed by atoms with Gasteiger partial charge in [-0.25, -0.2) is 8.42 Å². The zero-order chi connectivity index (χ0) is 14.2. The first-order chi connectivity index (χ1) is 8.79. The van der Waals surface area contributed by atoms with E-state index in [-0.39, 0.29) is 22.7 Å². The van der Waals surface area contributed by atoms with Gasteiger partial charge in [-0.1, -0.05) is 6.07 Å². The van der Waals surface area contributed by atoms with Crippen LogP contribution in [-0.4, -0.2) is 31.8 Å². The Bertz CT molecular complexity index is 703. The van der Waals surface area contributed by atoms with Gasteiger partial charge in [0.2, 0.25) is 0 Å². The van der Waals surface area contributed by atoms with Crippen molar-refractivity contribution in [2.45, 2.75) is 11.3 Å². The molecule has 0 fully saturated rings. The lowest BCUT2D eigenvalue weighted by atomic mass is 10.1. The minimum Gasteiger partial charge on any atom is -0.370 e. The van der Waals surface area contributed by atoms with Crippen LogP contribution in [0.1, 0.15) is 15.9 Å². The Hall–Kier alpha value is -2.22. The van der Waals surface area contributed by atoms with Gasteiger partial charge in [-0.15, -0.1) is 0 Å². The molecule has 0 spiro atoms. The lowest BCUT2D eigenvalue weighted by molar-refractivity contribution is -0.116. The smallest absolute Gasteiger partial charge is 0.280 e. The predicted molar refractivity (Wildman–Crippen MR) is 67.3 cm³/mol. The largest absolute Gasteiger partial charge is 0.370 e. The number of fused-ring (bicyclic) bond motifs is 1. The number of hydrogen-bond donors (Lipinski definition) is 2. The Morgan fingerprint density at radius 2 is 1.95 bits per heavy atom. The van der Waals surface area contributed by atoms with Crippen LogP contribution >= 0.6 is 0 Å². The molecule has 2 rings (SSSR count). The highest BCUT2D eigenvalue weighted by atomic mass is 32.2. The molecule has 1 aliphatic rings. The zero-order valence-electron chi connectivity index (χ0n) is 9.79. The maximum absolute atomic E-state index is 11.9. The van der Waals surface area contributed by atoms with Crippen molar-refractivity contribution in [3.8, 4) is 0 Å². The summed E-state index contributed by atoms with van der Waals surface area (Å²) in [6, 6.07) is 4.02. The van der Waals surface area contributed by atoms with Gasteiger partial charge < -0.3 is 11.5 Å². The van der Waals surface area contributed by atoms with Gasteiger partial charge in [-0.2, -0.15) is 4.99 Å². The third kappa shape index (κ3) is 2.63. The fourth-order valence-electron chi connectivity index (χ4n) is 1.86. The summed E-state index contributed by atoms with van der Waals surface area (Å²) in [4.78, 5) is 26.2. The first-order valence-electron chi connectivity index (χ1n) is 5.31. The van der Waals surface area contributed by atoms with Gasteiger partial charge >= 0.3 is 0 Å². The van der Waals surface area contributed by atoms with Crippen LogP contribution in [0.15, 0.2) is 28.1 Å². The molecule has 8 heteroatoms. The maximum atomic E-state index is 11.9. The molecule has 1 aromatic carbocycles. The second-order valence-electron chi connectivity index (χ2n) is 4.14. The topological polar surface area (TPSA) is 133 Å². The van der Waals surface area contributed by atoms with Gasteiger partial charge in [0.15, 0.2) is 21.6 Å². The van der Waals surface area contributed by atoms with Crippen LogP contribution in [0.4, 0.5) is 0 Å². The first-order valence-corrected chi connectivity index (χ1v) is 6.96. The average molecular weight is 281 g/mol. The first kappa shape index (κ1) is 13.2. The van der Waals surface area contributed by atoms with Crippen molar-refractivity contribution in [3.05, 3.63) is 29.3 Å². The van der Waals surface area contributed by atoms with Gasteiger partial charge in [0.1, 0.15) is 5.75 Å². The Balaban J connectivity index is 2.53. The van der Waals surface area contributed by atoms with Crippen molar-refractivity contribution in [1.82, 2.24) is 0 Å². The number of rotatable bonds is 1. The molecule has 0 saturated carbocycles. The Morgan fingerprint density at radius 3 is 2.58 bits per heavy atom. The molecule has 0 aromatic heterocycles. The van der Waals surface area contributed by atoms with Crippen LogP contribution in [0.25, 0.3) is 0 Å².